The van der Waals surface area contributed by atoms with E-state index in [1.165, 1.54) is 85.9 Å². The maximum absolute atomic E-state index is 11.1. The van der Waals surface area contributed by atoms with Gasteiger partial charge >= 0.3 is 262 Å². The van der Waals surface area contributed by atoms with E-state index in [2.05, 4.69) is 138 Å². The molecule has 0 spiro atoms. The van der Waals surface area contributed by atoms with E-state index in [1.807, 2.05) is 0 Å². The molecular weight excluding hydrogens is 587 g/mol. The van der Waals surface area contributed by atoms with E-state index >= 15 is 0 Å². The second-order valence-electron chi connectivity index (χ2n) is 12.5. The average Bonchev–Trinajstić information content (AvgIpc) is 2.83. The van der Waals surface area contributed by atoms with Crippen LogP contribution in [0, 0.1) is 94.4 Å². The van der Waals surface area contributed by atoms with Gasteiger partial charge in [0, 0.05) is 0 Å². The van der Waals surface area contributed by atoms with E-state index in [0.717, 1.165) is 0 Å². The van der Waals surface area contributed by atoms with E-state index in [9.17, 15) is 5.26 Å². The summed E-state index contributed by atoms with van der Waals surface area (Å²) in [6.45, 7) is 26.4. The quantitative estimate of drug-likeness (QED) is 0.226. The molecule has 0 N–H and O–H groups in total. The second kappa shape index (κ2) is 12.8. The zero-order chi connectivity index (χ0) is 31.0. The fourth-order valence-electron chi connectivity index (χ4n) is 7.18. The topological polar surface area (TPSA) is 33.0 Å². The summed E-state index contributed by atoms with van der Waals surface area (Å²) in [6.07, 6.45) is 0. The fraction of sp³-hybridized carbons (Fsp3) is 0.342. The predicted octanol–water partition coefficient (Wildman–Crippen LogP) is 6.25. The van der Waals surface area contributed by atoms with Crippen LogP contribution in [0.25, 0.3) is 0 Å². The van der Waals surface area contributed by atoms with Gasteiger partial charge in [0.25, 0.3) is 0 Å². The molecule has 0 aliphatic heterocycles. The van der Waals surface area contributed by atoms with Crippen LogP contribution in [-0.2, 0) is 4.43 Å². The van der Waals surface area contributed by atoms with Gasteiger partial charge in [-0.25, -0.2) is 0 Å². The van der Waals surface area contributed by atoms with Gasteiger partial charge in [-0.05, 0) is 0 Å². The predicted molar refractivity (Wildman–Crippen MR) is 183 cm³/mol. The van der Waals surface area contributed by atoms with Gasteiger partial charge in [0.1, 0.15) is 0 Å². The number of rotatable bonds is 7. The van der Waals surface area contributed by atoms with Crippen LogP contribution in [-0.4, -0.2) is 28.3 Å². The molecule has 0 amide bonds. The number of benzene rings is 4. The van der Waals surface area contributed by atoms with Crippen LogP contribution in [0.2, 0.25) is 0 Å². The molecule has 4 aromatic rings. The van der Waals surface area contributed by atoms with Crippen molar-refractivity contribution in [1.82, 2.24) is 0 Å². The summed E-state index contributed by atoms with van der Waals surface area (Å²) in [5, 5.41) is 13.7. The van der Waals surface area contributed by atoms with Crippen LogP contribution < -0.4 is 19.2 Å². The van der Waals surface area contributed by atoms with Gasteiger partial charge in [0.05, 0.1) is 0 Å². The van der Waals surface area contributed by atoms with Gasteiger partial charge in [-0.3, -0.25) is 0 Å². The van der Waals surface area contributed by atoms with Crippen LogP contribution >= 0.6 is 0 Å². The summed E-state index contributed by atoms with van der Waals surface area (Å²) in [7, 11) is -1.77. The van der Waals surface area contributed by atoms with Crippen LogP contribution in [0.3, 0.4) is 0 Å². The Balaban J connectivity index is 2.03. The van der Waals surface area contributed by atoms with Gasteiger partial charge in [-0.15, -0.1) is 0 Å². The third kappa shape index (κ3) is 6.37. The normalized spacial score (nSPS) is 12.2. The van der Waals surface area contributed by atoms with E-state index < -0.39 is 28.3 Å². The summed E-state index contributed by atoms with van der Waals surface area (Å²) >= 11 is -2.61. The molecule has 0 aliphatic carbocycles. The minimum atomic E-state index is -2.61. The summed E-state index contributed by atoms with van der Waals surface area (Å²) in [4.78, 5) is -0.501. The molecule has 4 heteroatoms. The second-order valence-corrected chi connectivity index (χ2v) is 19.3. The first kappa shape index (κ1) is 32.0. The molecule has 0 heterocycles. The molecule has 0 aliphatic rings. The molecule has 1 unspecified atom stereocenters. The van der Waals surface area contributed by atoms with Crippen molar-refractivity contribution in [2.75, 3.05) is 0 Å². The molecule has 4 aromatic carbocycles. The molecule has 0 saturated carbocycles. The molecule has 0 fully saturated rings. The van der Waals surface area contributed by atoms with E-state index in [0.29, 0.717) is 0 Å². The van der Waals surface area contributed by atoms with Gasteiger partial charge in [-0.1, -0.05) is 0 Å². The van der Waals surface area contributed by atoms with Crippen molar-refractivity contribution in [3.8, 4) is 6.07 Å². The van der Waals surface area contributed by atoms with Gasteiger partial charge in [0.15, 0.2) is 0 Å². The van der Waals surface area contributed by atoms with Crippen molar-refractivity contribution >= 4 is 42.6 Å². The first-order chi connectivity index (χ1) is 19.7. The molecule has 0 aromatic heterocycles. The van der Waals surface area contributed by atoms with Crippen LogP contribution in [0.15, 0.2) is 48.5 Å². The van der Waals surface area contributed by atoms with Gasteiger partial charge < -0.3 is 0 Å². The number of hydrogen-bond donors (Lipinski definition) is 0. The Kier molecular flexibility index (Phi) is 9.72. The molecule has 2 nitrogen and oxygen atoms in total. The Morgan fingerprint density at radius 1 is 0.500 bits per heavy atom. The summed E-state index contributed by atoms with van der Waals surface area (Å²) in [6, 6.07) is 21.0. The van der Waals surface area contributed by atoms with E-state index in [4.69, 9.17) is 4.43 Å². The van der Waals surface area contributed by atoms with Crippen LogP contribution in [0.4, 0.5) is 0 Å². The summed E-state index contributed by atoms with van der Waals surface area (Å²) in [5.41, 5.74) is 15.2. The molecule has 2 radical (unpaired) electrons. The third-order valence-electron chi connectivity index (χ3n) is 8.32. The number of nitrogens with zero attached hydrogens (tertiary/aromatic N) is 1. The van der Waals surface area contributed by atoms with Crippen molar-refractivity contribution in [2.24, 2.45) is 0 Å². The molecule has 216 valence electrons. The third-order valence-corrected chi connectivity index (χ3v) is 19.0. The Bertz CT molecular complexity index is 1510. The minimum absolute atomic E-state index is 0.501. The van der Waals surface area contributed by atoms with E-state index in [1.54, 1.807) is 0 Å². The molecule has 1 atom stereocenters. The summed E-state index contributed by atoms with van der Waals surface area (Å²) < 4.78 is 10.2. The van der Waals surface area contributed by atoms with Crippen molar-refractivity contribution in [2.45, 2.75) is 88.0 Å². The average molecular weight is 632 g/mol. The molecule has 0 saturated heterocycles. The standard InChI is InChI=1S/C38H45GeNOSi/c1-22-13-26(5)35(27(6)14-22)39(36-28(7)15-23(2)16-29(36)8)34(21-40)41-42(37-30(9)17-24(3)18-31(37)10)38-32(11)19-25(4)20-33(38)12/h13-20,34H,1-12H3. The Morgan fingerprint density at radius 2 is 0.762 bits per heavy atom. The fourth-order valence-corrected chi connectivity index (χ4v) is 17.3. The van der Waals surface area contributed by atoms with Crippen molar-refractivity contribution in [1.29, 1.82) is 5.26 Å². The first-order valence-electron chi connectivity index (χ1n) is 14.9. The maximum atomic E-state index is 11.1. The zero-order valence-corrected chi connectivity index (χ0v) is 30.6. The zero-order valence-electron chi connectivity index (χ0n) is 27.6. The Hall–Kier alpha value is -2.91. The first-order valence-corrected chi connectivity index (χ1v) is 19.6. The van der Waals surface area contributed by atoms with Crippen molar-refractivity contribution in [3.63, 3.8) is 0 Å². The molecular formula is C38H45GeNOSi. The SMILES string of the molecule is Cc1cc(C)c([Si](O[CH](C#N)[Ge]([c]2c(C)cc(C)cc2C)[c]2c(C)cc(C)cc2C)c2c(C)cc(C)cc2C)c(C)c1. The van der Waals surface area contributed by atoms with Crippen molar-refractivity contribution in [3.05, 3.63) is 115 Å². The van der Waals surface area contributed by atoms with Gasteiger partial charge in [0.2, 0.25) is 0 Å². The molecule has 42 heavy (non-hydrogen) atoms. The Labute approximate surface area is 260 Å². The molecule has 4 rings (SSSR count). The molecule has 0 bridgehead atoms. The summed E-state index contributed by atoms with van der Waals surface area (Å²) in [5.74, 6) is 0. The number of hydrogen-bond acceptors (Lipinski definition) is 2. The van der Waals surface area contributed by atoms with E-state index in [-0.39, 0.29) is 0 Å². The monoisotopic (exact) mass is 633 g/mol. The van der Waals surface area contributed by atoms with Crippen molar-refractivity contribution < 1.29 is 4.43 Å². The number of aryl methyl sites for hydroxylation is 12. The van der Waals surface area contributed by atoms with Crippen LogP contribution in [0.5, 0.6) is 0 Å². The number of nitriles is 1. The van der Waals surface area contributed by atoms with Gasteiger partial charge in [-0.2, -0.15) is 0 Å². The Morgan fingerprint density at radius 3 is 1.02 bits per heavy atom. The van der Waals surface area contributed by atoms with Crippen LogP contribution in [0.1, 0.15) is 66.8 Å².